The molecule has 0 aliphatic carbocycles. The molecule has 0 spiro atoms. The molecule has 0 amide bonds. The Bertz CT molecular complexity index is 1050. The SMILES string of the molecule is C[C@@H](N)C1CCN(Cc2ccc(C(C)(C)Cc3cc(C(C)(C)C)ccc3CN3CCC(CCN)CC3)cc2)CC1. The molecule has 4 heteroatoms. The molecule has 0 radical (unpaired) electrons. The molecule has 0 saturated carbocycles. The Morgan fingerprint density at radius 1 is 0.775 bits per heavy atom. The van der Waals surface area contributed by atoms with Crippen LogP contribution in [0, 0.1) is 11.8 Å². The average molecular weight is 547 g/mol. The molecule has 0 bridgehead atoms. The van der Waals surface area contributed by atoms with Crippen molar-refractivity contribution < 1.29 is 0 Å². The van der Waals surface area contributed by atoms with E-state index >= 15 is 0 Å². The second-order valence-corrected chi connectivity index (χ2v) is 14.8. The molecule has 1 atom stereocenters. The van der Waals surface area contributed by atoms with Gasteiger partial charge in [-0.2, -0.15) is 0 Å². The predicted octanol–water partition coefficient (Wildman–Crippen LogP) is 6.62. The fraction of sp³-hybridized carbons (Fsp3) is 0.667. The van der Waals surface area contributed by atoms with Crippen molar-refractivity contribution in [2.24, 2.45) is 23.3 Å². The van der Waals surface area contributed by atoms with E-state index in [0.717, 1.165) is 45.1 Å². The van der Waals surface area contributed by atoms with Gasteiger partial charge in [0.05, 0.1) is 0 Å². The van der Waals surface area contributed by atoms with Gasteiger partial charge in [0.15, 0.2) is 0 Å². The highest BCUT2D eigenvalue weighted by Crippen LogP contribution is 2.33. The van der Waals surface area contributed by atoms with Crippen LogP contribution in [-0.4, -0.2) is 48.6 Å². The minimum absolute atomic E-state index is 0.0630. The number of benzene rings is 2. The van der Waals surface area contributed by atoms with Gasteiger partial charge in [0, 0.05) is 19.1 Å². The average Bonchev–Trinajstić information content (AvgIpc) is 2.91. The summed E-state index contributed by atoms with van der Waals surface area (Å²) in [5.74, 6) is 1.50. The summed E-state index contributed by atoms with van der Waals surface area (Å²) in [7, 11) is 0. The monoisotopic (exact) mass is 546 g/mol. The maximum atomic E-state index is 6.15. The third-order valence-electron chi connectivity index (χ3n) is 9.90. The molecule has 2 aromatic rings. The van der Waals surface area contributed by atoms with E-state index in [4.69, 9.17) is 11.5 Å². The second-order valence-electron chi connectivity index (χ2n) is 14.8. The molecule has 0 unspecified atom stereocenters. The van der Waals surface area contributed by atoms with Crippen molar-refractivity contribution in [2.75, 3.05) is 32.7 Å². The van der Waals surface area contributed by atoms with E-state index in [1.807, 2.05) is 0 Å². The fourth-order valence-electron chi connectivity index (χ4n) is 6.86. The van der Waals surface area contributed by atoms with E-state index < -0.39 is 0 Å². The molecule has 2 aliphatic heterocycles. The number of rotatable bonds is 10. The molecule has 40 heavy (non-hydrogen) atoms. The van der Waals surface area contributed by atoms with Crippen LogP contribution >= 0.6 is 0 Å². The smallest absolute Gasteiger partial charge is 0.0236 e. The highest BCUT2D eigenvalue weighted by molar-refractivity contribution is 5.39. The van der Waals surface area contributed by atoms with Crippen LogP contribution in [0.1, 0.15) is 101 Å². The van der Waals surface area contributed by atoms with Crippen LogP contribution in [0.4, 0.5) is 0 Å². The lowest BCUT2D eigenvalue weighted by molar-refractivity contribution is 0.165. The van der Waals surface area contributed by atoms with Crippen LogP contribution < -0.4 is 11.5 Å². The van der Waals surface area contributed by atoms with Crippen molar-refractivity contribution >= 4 is 0 Å². The van der Waals surface area contributed by atoms with Crippen molar-refractivity contribution in [3.05, 3.63) is 70.3 Å². The highest BCUT2D eigenvalue weighted by Gasteiger charge is 2.26. The summed E-state index contributed by atoms with van der Waals surface area (Å²) >= 11 is 0. The minimum Gasteiger partial charge on any atom is -0.330 e. The molecular formula is C36H58N4. The minimum atomic E-state index is 0.0630. The first-order valence-electron chi connectivity index (χ1n) is 16.1. The van der Waals surface area contributed by atoms with E-state index in [-0.39, 0.29) is 10.8 Å². The van der Waals surface area contributed by atoms with Crippen molar-refractivity contribution in [2.45, 2.75) is 110 Å². The summed E-state index contributed by atoms with van der Waals surface area (Å²) in [5, 5.41) is 0. The topological polar surface area (TPSA) is 58.5 Å². The molecule has 4 N–H and O–H groups in total. The second kappa shape index (κ2) is 13.5. The van der Waals surface area contributed by atoms with Crippen LogP contribution in [0.15, 0.2) is 42.5 Å². The van der Waals surface area contributed by atoms with Gasteiger partial charge in [0.2, 0.25) is 0 Å². The summed E-state index contributed by atoms with van der Waals surface area (Å²) in [6.07, 6.45) is 7.26. The summed E-state index contributed by atoms with van der Waals surface area (Å²) in [6, 6.07) is 17.1. The van der Waals surface area contributed by atoms with E-state index in [1.54, 1.807) is 0 Å². The summed E-state index contributed by atoms with van der Waals surface area (Å²) in [6.45, 7) is 21.6. The van der Waals surface area contributed by atoms with E-state index in [1.165, 1.54) is 73.0 Å². The molecule has 2 aromatic carbocycles. The Morgan fingerprint density at radius 2 is 1.35 bits per heavy atom. The normalized spacial score (nSPS) is 19.7. The van der Waals surface area contributed by atoms with E-state index in [9.17, 15) is 0 Å². The lowest BCUT2D eigenvalue weighted by atomic mass is 9.76. The predicted molar refractivity (Wildman–Crippen MR) is 172 cm³/mol. The molecule has 2 heterocycles. The first-order valence-corrected chi connectivity index (χ1v) is 16.1. The zero-order valence-electron chi connectivity index (χ0n) is 26.5. The lowest BCUT2D eigenvalue weighted by Crippen LogP contribution is -2.39. The van der Waals surface area contributed by atoms with Crippen molar-refractivity contribution in [1.29, 1.82) is 0 Å². The summed E-state index contributed by atoms with van der Waals surface area (Å²) < 4.78 is 0. The van der Waals surface area contributed by atoms with Crippen molar-refractivity contribution in [1.82, 2.24) is 9.80 Å². The van der Waals surface area contributed by atoms with E-state index in [0.29, 0.717) is 12.0 Å². The van der Waals surface area contributed by atoms with Crippen LogP contribution in [0.25, 0.3) is 0 Å². The third kappa shape index (κ3) is 8.41. The summed E-state index contributed by atoms with van der Waals surface area (Å²) in [5.41, 5.74) is 19.5. The lowest BCUT2D eigenvalue weighted by Gasteiger charge is -2.34. The number of nitrogens with two attached hydrogens (primary N) is 2. The number of hydrogen-bond acceptors (Lipinski definition) is 4. The van der Waals surface area contributed by atoms with Gasteiger partial charge in [-0.25, -0.2) is 0 Å². The van der Waals surface area contributed by atoms with Crippen LogP contribution in [-0.2, 0) is 30.3 Å². The van der Waals surface area contributed by atoms with Crippen molar-refractivity contribution in [3.63, 3.8) is 0 Å². The first-order chi connectivity index (χ1) is 18.9. The Hall–Kier alpha value is -1.72. The maximum Gasteiger partial charge on any atom is 0.0236 e. The largest absolute Gasteiger partial charge is 0.330 e. The van der Waals surface area contributed by atoms with Gasteiger partial charge in [0.25, 0.3) is 0 Å². The summed E-state index contributed by atoms with van der Waals surface area (Å²) in [4.78, 5) is 5.27. The quantitative estimate of drug-likeness (QED) is 0.351. The number of nitrogens with zero attached hydrogens (tertiary/aromatic N) is 2. The Morgan fingerprint density at radius 3 is 1.93 bits per heavy atom. The molecule has 2 saturated heterocycles. The number of piperidine rings is 2. The molecule has 2 fully saturated rings. The Balaban J connectivity index is 1.45. The standard InChI is InChI=1S/C36H58N4/c1-27(38)30-16-21-39(22-17-30)25-29-7-10-33(11-8-29)36(5,6)24-32-23-34(35(2,3)4)12-9-31(32)26-40-19-14-28(13-18-37)15-20-40/h7-12,23,27-28,30H,13-22,24-26,37-38H2,1-6H3/t27-/m1/s1. The molecule has 2 aliphatic rings. The zero-order chi connectivity index (χ0) is 28.9. The van der Waals surface area contributed by atoms with Gasteiger partial charge in [-0.15, -0.1) is 0 Å². The molecule has 4 rings (SSSR count). The van der Waals surface area contributed by atoms with Crippen LogP contribution in [0.5, 0.6) is 0 Å². The van der Waals surface area contributed by atoms with E-state index in [2.05, 4.69) is 93.8 Å². The third-order valence-corrected chi connectivity index (χ3v) is 9.90. The highest BCUT2D eigenvalue weighted by atomic mass is 15.1. The van der Waals surface area contributed by atoms with Gasteiger partial charge in [-0.3, -0.25) is 9.80 Å². The number of hydrogen-bond donors (Lipinski definition) is 2. The van der Waals surface area contributed by atoms with Crippen LogP contribution in [0.2, 0.25) is 0 Å². The fourth-order valence-corrected chi connectivity index (χ4v) is 6.86. The first kappa shape index (κ1) is 31.2. The molecule has 4 nitrogen and oxygen atoms in total. The molecule has 222 valence electrons. The Kier molecular flexibility index (Phi) is 10.5. The van der Waals surface area contributed by atoms with Gasteiger partial charge >= 0.3 is 0 Å². The van der Waals surface area contributed by atoms with Crippen molar-refractivity contribution in [3.8, 4) is 0 Å². The maximum absolute atomic E-state index is 6.15. The molecule has 0 aromatic heterocycles. The zero-order valence-corrected chi connectivity index (χ0v) is 26.5. The van der Waals surface area contributed by atoms with Gasteiger partial charge < -0.3 is 11.5 Å². The van der Waals surface area contributed by atoms with Gasteiger partial charge in [0.1, 0.15) is 0 Å². The van der Waals surface area contributed by atoms with Gasteiger partial charge in [-0.05, 0) is 129 Å². The Labute approximate surface area is 245 Å². The van der Waals surface area contributed by atoms with Crippen LogP contribution in [0.3, 0.4) is 0 Å². The van der Waals surface area contributed by atoms with Gasteiger partial charge in [-0.1, -0.05) is 77.1 Å². The number of likely N-dealkylation sites (tertiary alicyclic amines) is 2. The molecular weight excluding hydrogens is 488 g/mol.